The minimum atomic E-state index is -3.14. The van der Waals surface area contributed by atoms with E-state index in [1.807, 2.05) is 20.8 Å². The van der Waals surface area contributed by atoms with E-state index in [1.165, 1.54) is 0 Å². The number of nitrogens with zero attached hydrogens (tertiary/aromatic N) is 2. The minimum absolute atomic E-state index is 0.0320. The minimum Gasteiger partial charge on any atom is -0.337 e. The summed E-state index contributed by atoms with van der Waals surface area (Å²) in [6.45, 7) is 5.95. The second-order valence-corrected chi connectivity index (χ2v) is 11.2. The zero-order valence-electron chi connectivity index (χ0n) is 16.9. The van der Waals surface area contributed by atoms with E-state index in [0.717, 1.165) is 24.2 Å². The fourth-order valence-electron chi connectivity index (χ4n) is 4.73. The summed E-state index contributed by atoms with van der Waals surface area (Å²) in [4.78, 5) is 41.2. The van der Waals surface area contributed by atoms with Crippen LogP contribution in [0.5, 0.6) is 0 Å². The van der Waals surface area contributed by atoms with E-state index < -0.39 is 21.4 Å². The van der Waals surface area contributed by atoms with E-state index in [-0.39, 0.29) is 47.7 Å². The Morgan fingerprint density at radius 2 is 2.00 bits per heavy atom. The number of imide groups is 1. The fourth-order valence-corrected chi connectivity index (χ4v) is 6.46. The zero-order chi connectivity index (χ0) is 20.7. The lowest BCUT2D eigenvalue weighted by molar-refractivity contribution is -0.141. The molecule has 4 amide bonds. The topological polar surface area (TPSA) is 104 Å². The molecule has 28 heavy (non-hydrogen) atoms. The highest BCUT2D eigenvalue weighted by atomic mass is 32.2. The zero-order valence-corrected chi connectivity index (χ0v) is 17.8. The van der Waals surface area contributed by atoms with Crippen LogP contribution in [-0.2, 0) is 19.4 Å². The van der Waals surface area contributed by atoms with Gasteiger partial charge in [-0.25, -0.2) is 13.2 Å². The van der Waals surface area contributed by atoms with Gasteiger partial charge in [-0.05, 0) is 31.1 Å². The molecular formula is C19H31N3O5S. The van der Waals surface area contributed by atoms with E-state index in [2.05, 4.69) is 5.32 Å². The van der Waals surface area contributed by atoms with Gasteiger partial charge in [-0.15, -0.1) is 0 Å². The van der Waals surface area contributed by atoms with Crippen molar-refractivity contribution in [3.05, 3.63) is 0 Å². The lowest BCUT2D eigenvalue weighted by Gasteiger charge is -2.37. The molecule has 3 atom stereocenters. The van der Waals surface area contributed by atoms with E-state index in [4.69, 9.17) is 0 Å². The molecule has 2 heterocycles. The predicted octanol–water partition coefficient (Wildman–Crippen LogP) is 1.16. The lowest BCUT2D eigenvalue weighted by Crippen LogP contribution is -2.54. The molecule has 0 unspecified atom stereocenters. The molecule has 3 fully saturated rings. The molecule has 8 nitrogen and oxygen atoms in total. The molecular weight excluding hydrogens is 382 g/mol. The van der Waals surface area contributed by atoms with E-state index in [0.29, 0.717) is 19.4 Å². The predicted molar refractivity (Wildman–Crippen MR) is 104 cm³/mol. The van der Waals surface area contributed by atoms with Gasteiger partial charge >= 0.3 is 6.03 Å². The van der Waals surface area contributed by atoms with Crippen molar-refractivity contribution in [2.45, 2.75) is 64.5 Å². The van der Waals surface area contributed by atoms with E-state index in [1.54, 1.807) is 4.90 Å². The summed E-state index contributed by atoms with van der Waals surface area (Å²) < 4.78 is 23.7. The quantitative estimate of drug-likeness (QED) is 0.681. The number of carbonyl (C=O) groups is 3. The number of sulfone groups is 1. The van der Waals surface area contributed by atoms with Gasteiger partial charge in [0.05, 0.1) is 11.5 Å². The van der Waals surface area contributed by atoms with Gasteiger partial charge in [0.1, 0.15) is 12.1 Å². The molecule has 9 heteroatoms. The van der Waals surface area contributed by atoms with Crippen LogP contribution in [0.1, 0.15) is 52.9 Å². The van der Waals surface area contributed by atoms with Crippen LogP contribution in [0.3, 0.4) is 0 Å². The molecule has 1 saturated carbocycles. The first-order chi connectivity index (χ1) is 13.1. The van der Waals surface area contributed by atoms with Gasteiger partial charge in [0.2, 0.25) is 5.91 Å². The Bertz CT molecular complexity index is 766. The number of amides is 4. The third-order valence-electron chi connectivity index (χ3n) is 6.33. The van der Waals surface area contributed by atoms with Crippen LogP contribution in [0, 0.1) is 11.8 Å². The third kappa shape index (κ3) is 3.90. The van der Waals surface area contributed by atoms with Crippen molar-refractivity contribution in [2.24, 2.45) is 11.8 Å². The number of carbonyl (C=O) groups excluding carboxylic acids is 3. The molecule has 2 aliphatic heterocycles. The Balaban J connectivity index is 1.76. The van der Waals surface area contributed by atoms with Gasteiger partial charge in [-0.2, -0.15) is 0 Å². The average molecular weight is 414 g/mol. The first kappa shape index (κ1) is 21.1. The first-order valence-corrected chi connectivity index (χ1v) is 12.0. The van der Waals surface area contributed by atoms with Gasteiger partial charge in [-0.3, -0.25) is 14.5 Å². The highest BCUT2D eigenvalue weighted by molar-refractivity contribution is 7.91. The molecule has 0 aromatic carbocycles. The summed E-state index contributed by atoms with van der Waals surface area (Å²) in [5.74, 6) is -0.471. The Morgan fingerprint density at radius 3 is 2.57 bits per heavy atom. The van der Waals surface area contributed by atoms with Crippen molar-refractivity contribution in [1.82, 2.24) is 15.1 Å². The van der Waals surface area contributed by atoms with Crippen molar-refractivity contribution in [3.8, 4) is 0 Å². The van der Waals surface area contributed by atoms with Gasteiger partial charge in [0, 0.05) is 12.6 Å². The molecule has 1 aliphatic carbocycles. The van der Waals surface area contributed by atoms with Crippen LogP contribution in [0.15, 0.2) is 0 Å². The summed E-state index contributed by atoms with van der Waals surface area (Å²) in [5.41, 5.74) is -0.894. The molecule has 2 saturated heterocycles. The number of urea groups is 1. The highest BCUT2D eigenvalue weighted by Gasteiger charge is 2.55. The largest absolute Gasteiger partial charge is 0.337 e. The van der Waals surface area contributed by atoms with Gasteiger partial charge < -0.3 is 10.2 Å². The first-order valence-electron chi connectivity index (χ1n) is 10.2. The maximum Gasteiger partial charge on any atom is 0.325 e. The standard InChI is InChI=1S/C19H31N3O5S/c1-13(2)10-21(15-7-9-28(26,27)12-15)16(23)11-22-17(24)19(20-18(22)25)8-5-4-6-14(19)3/h13-15H,4-12H2,1-3H3,(H,20,25)/t14-,15+,19+/m0/s1. The van der Waals surface area contributed by atoms with Crippen LogP contribution < -0.4 is 5.32 Å². The molecule has 158 valence electrons. The summed E-state index contributed by atoms with van der Waals surface area (Å²) in [6, 6.07) is -0.904. The van der Waals surface area contributed by atoms with E-state index >= 15 is 0 Å². The van der Waals surface area contributed by atoms with Gasteiger partial charge in [-0.1, -0.05) is 33.6 Å². The van der Waals surface area contributed by atoms with Crippen molar-refractivity contribution in [3.63, 3.8) is 0 Å². The molecule has 3 rings (SSSR count). The number of hydrogen-bond donors (Lipinski definition) is 1. The van der Waals surface area contributed by atoms with Crippen molar-refractivity contribution in [2.75, 3.05) is 24.6 Å². The van der Waals surface area contributed by atoms with Crippen molar-refractivity contribution >= 4 is 27.7 Å². The maximum absolute atomic E-state index is 13.1. The van der Waals surface area contributed by atoms with Crippen LogP contribution in [0.2, 0.25) is 0 Å². The molecule has 3 aliphatic rings. The molecule has 0 aromatic rings. The third-order valence-corrected chi connectivity index (χ3v) is 8.08. The van der Waals surface area contributed by atoms with Crippen molar-refractivity contribution in [1.29, 1.82) is 0 Å². The van der Waals surface area contributed by atoms with Crippen LogP contribution in [0.4, 0.5) is 4.79 Å². The highest BCUT2D eigenvalue weighted by Crippen LogP contribution is 2.38. The Hall–Kier alpha value is -1.64. The van der Waals surface area contributed by atoms with Crippen LogP contribution in [0.25, 0.3) is 0 Å². The normalized spacial score (nSPS) is 32.2. The Morgan fingerprint density at radius 1 is 1.29 bits per heavy atom. The maximum atomic E-state index is 13.1. The molecule has 1 spiro atoms. The Labute approximate surface area is 166 Å². The summed E-state index contributed by atoms with van der Waals surface area (Å²) in [6.07, 6.45) is 3.77. The van der Waals surface area contributed by atoms with Crippen LogP contribution >= 0.6 is 0 Å². The number of hydrogen-bond acceptors (Lipinski definition) is 5. The lowest BCUT2D eigenvalue weighted by atomic mass is 9.73. The molecule has 0 radical (unpaired) electrons. The van der Waals surface area contributed by atoms with E-state index in [9.17, 15) is 22.8 Å². The smallest absolute Gasteiger partial charge is 0.325 e. The number of nitrogens with one attached hydrogen (secondary N) is 1. The van der Waals surface area contributed by atoms with Crippen molar-refractivity contribution < 1.29 is 22.8 Å². The summed E-state index contributed by atoms with van der Waals surface area (Å²) in [5, 5.41) is 2.86. The SMILES string of the molecule is CC(C)CN(C(=O)CN1C(=O)N[C@@]2(CCCC[C@@H]2C)C1=O)[C@@H]1CCS(=O)(=O)C1. The summed E-state index contributed by atoms with van der Waals surface area (Å²) >= 11 is 0. The fraction of sp³-hybridized carbons (Fsp3) is 0.842. The second kappa shape index (κ2) is 7.65. The van der Waals surface area contributed by atoms with Gasteiger partial charge in [0.25, 0.3) is 5.91 Å². The average Bonchev–Trinajstić information content (AvgIpc) is 3.08. The molecule has 0 bridgehead atoms. The molecule has 1 N–H and O–H groups in total. The summed E-state index contributed by atoms with van der Waals surface area (Å²) in [7, 11) is -3.14. The monoisotopic (exact) mass is 413 g/mol. The number of rotatable bonds is 5. The van der Waals surface area contributed by atoms with Crippen LogP contribution in [-0.4, -0.2) is 72.2 Å². The van der Waals surface area contributed by atoms with Gasteiger partial charge in [0.15, 0.2) is 9.84 Å². The Kier molecular flexibility index (Phi) is 5.76. The second-order valence-electron chi connectivity index (χ2n) is 8.94. The molecule has 0 aromatic heterocycles.